The van der Waals surface area contributed by atoms with Crippen molar-refractivity contribution in [1.29, 1.82) is 0 Å². The Hall–Kier alpha value is -3.91. The van der Waals surface area contributed by atoms with Crippen LogP contribution in [0.2, 0.25) is 0 Å². The number of carboxylic acids is 1. The molecule has 3 aliphatic carbocycles. The van der Waals surface area contributed by atoms with Crippen LogP contribution in [0, 0.1) is 5.92 Å². The Kier molecular flexibility index (Phi) is 4.19. The summed E-state index contributed by atoms with van der Waals surface area (Å²) in [6.07, 6.45) is 2.27. The van der Waals surface area contributed by atoms with Gasteiger partial charge in [0.25, 0.3) is 0 Å². The largest absolute Gasteiger partial charge is 0.512 e. The van der Waals surface area contributed by atoms with E-state index < -0.39 is 11.9 Å². The molecular formula is C23H18N2O6. The second-order valence-electron chi connectivity index (χ2n) is 7.75. The molecule has 1 heterocycles. The third kappa shape index (κ3) is 3.08. The van der Waals surface area contributed by atoms with E-state index in [1.807, 2.05) is 0 Å². The summed E-state index contributed by atoms with van der Waals surface area (Å²) in [5.41, 5.74) is 7.92. The lowest BCUT2D eigenvalue weighted by atomic mass is 9.85. The van der Waals surface area contributed by atoms with E-state index in [1.54, 1.807) is 24.3 Å². The van der Waals surface area contributed by atoms with Gasteiger partial charge in [-0.2, -0.15) is 0 Å². The van der Waals surface area contributed by atoms with Gasteiger partial charge in [0.05, 0.1) is 17.9 Å². The lowest BCUT2D eigenvalue weighted by Gasteiger charge is -2.22. The Morgan fingerprint density at radius 1 is 1.13 bits per heavy atom. The molecule has 2 atom stereocenters. The summed E-state index contributed by atoms with van der Waals surface area (Å²) in [5, 5.41) is 22.7. The van der Waals surface area contributed by atoms with Crippen molar-refractivity contribution in [3.05, 3.63) is 69.3 Å². The number of carbonyl (C=O) groups is 2. The van der Waals surface area contributed by atoms with Gasteiger partial charge in [0.15, 0.2) is 5.43 Å². The smallest absolute Gasteiger partial charge is 0.336 e. The fourth-order valence-corrected chi connectivity index (χ4v) is 4.31. The molecule has 0 bridgehead atoms. The maximum absolute atomic E-state index is 12.1. The first-order valence-electron chi connectivity index (χ1n) is 9.76. The van der Waals surface area contributed by atoms with Crippen LogP contribution in [0.3, 0.4) is 0 Å². The van der Waals surface area contributed by atoms with Crippen LogP contribution in [0.5, 0.6) is 0 Å². The van der Waals surface area contributed by atoms with E-state index in [2.05, 4.69) is 5.32 Å². The van der Waals surface area contributed by atoms with Crippen molar-refractivity contribution in [2.24, 2.45) is 11.7 Å². The van der Waals surface area contributed by atoms with Gasteiger partial charge < -0.3 is 25.7 Å². The minimum atomic E-state index is -1.16. The third-order valence-corrected chi connectivity index (χ3v) is 5.79. The third-order valence-electron chi connectivity index (χ3n) is 5.79. The summed E-state index contributed by atoms with van der Waals surface area (Å²) < 4.78 is 5.93. The molecule has 0 saturated heterocycles. The summed E-state index contributed by atoms with van der Waals surface area (Å²) in [5.74, 6) is -0.661. The number of hydrogen-bond donors (Lipinski definition) is 4. The zero-order valence-electron chi connectivity index (χ0n) is 16.2. The van der Waals surface area contributed by atoms with E-state index >= 15 is 0 Å². The number of aromatic carboxylic acids is 1. The molecule has 0 aromatic heterocycles. The molecule has 0 radical (unpaired) electrons. The molecule has 1 fully saturated rings. The van der Waals surface area contributed by atoms with E-state index in [4.69, 9.17) is 10.2 Å². The predicted molar refractivity (Wildman–Crippen MR) is 113 cm³/mol. The normalized spacial score (nSPS) is 18.7. The number of carboxylic acid groups (broad SMARTS) is 1. The first-order chi connectivity index (χ1) is 14.9. The molecule has 8 nitrogen and oxygen atoms in total. The molecule has 31 heavy (non-hydrogen) atoms. The number of anilines is 1. The Balaban J connectivity index is 1.80. The number of aliphatic hydroxyl groups is 1. The van der Waals surface area contributed by atoms with Crippen molar-refractivity contribution in [1.82, 2.24) is 0 Å². The highest BCUT2D eigenvalue weighted by Gasteiger charge is 2.48. The average molecular weight is 418 g/mol. The molecule has 1 aromatic rings. The van der Waals surface area contributed by atoms with E-state index in [0.717, 1.165) is 12.0 Å². The second kappa shape index (κ2) is 6.82. The van der Waals surface area contributed by atoms with Crippen molar-refractivity contribution in [2.75, 3.05) is 11.9 Å². The number of hydrogen-bond acceptors (Lipinski definition) is 6. The first kappa shape index (κ1) is 19.1. The number of rotatable bonds is 4. The van der Waals surface area contributed by atoms with Crippen molar-refractivity contribution in [3.63, 3.8) is 0 Å². The Bertz CT molecular complexity index is 1320. The van der Waals surface area contributed by atoms with Crippen LogP contribution in [0.15, 0.2) is 51.4 Å². The highest BCUT2D eigenvalue weighted by atomic mass is 16.4. The van der Waals surface area contributed by atoms with Crippen molar-refractivity contribution in [2.45, 2.75) is 12.3 Å². The average Bonchev–Trinajstić information content (AvgIpc) is 3.53. The number of nitrogens with two attached hydrogens (primary N) is 1. The number of allylic oxidation sites excluding steroid dienone is 1. The number of benzene rings is 2. The van der Waals surface area contributed by atoms with Gasteiger partial charge in [0, 0.05) is 40.4 Å². The van der Waals surface area contributed by atoms with Crippen LogP contribution in [0.25, 0.3) is 28.5 Å². The zero-order chi connectivity index (χ0) is 21.9. The highest BCUT2D eigenvalue weighted by Crippen LogP contribution is 2.59. The molecular weight excluding hydrogens is 400 g/mol. The van der Waals surface area contributed by atoms with E-state index in [-0.39, 0.29) is 35.1 Å². The monoisotopic (exact) mass is 418 g/mol. The van der Waals surface area contributed by atoms with Crippen LogP contribution < -0.4 is 16.5 Å². The lowest BCUT2D eigenvalue weighted by molar-refractivity contribution is -0.114. The van der Waals surface area contributed by atoms with Crippen LogP contribution in [-0.4, -0.2) is 28.6 Å². The summed E-state index contributed by atoms with van der Waals surface area (Å²) in [7, 11) is 0. The Labute approximate surface area is 176 Å². The van der Waals surface area contributed by atoms with E-state index in [0.29, 0.717) is 33.9 Å². The van der Waals surface area contributed by atoms with Gasteiger partial charge in [0.2, 0.25) is 5.91 Å². The van der Waals surface area contributed by atoms with Crippen LogP contribution >= 0.6 is 0 Å². The van der Waals surface area contributed by atoms with Crippen molar-refractivity contribution < 1.29 is 24.2 Å². The van der Waals surface area contributed by atoms with E-state index in [9.17, 15) is 24.6 Å². The maximum Gasteiger partial charge on any atom is 0.336 e. The topological polar surface area (TPSA) is 143 Å². The minimum absolute atomic E-state index is 0.00769. The summed E-state index contributed by atoms with van der Waals surface area (Å²) >= 11 is 0. The molecule has 1 aromatic carbocycles. The molecule has 4 aliphatic rings. The quantitative estimate of drug-likeness (QED) is 0.510. The summed E-state index contributed by atoms with van der Waals surface area (Å²) in [6.45, 7) is -0.223. The van der Waals surface area contributed by atoms with Gasteiger partial charge in [-0.3, -0.25) is 9.59 Å². The minimum Gasteiger partial charge on any atom is -0.512 e. The SMILES string of the molecule is NCC(=O)Nc1ccc(-c2c3ccc(=O)cc-3oc3c2C2CC2C(O)=C3)c(C(=O)O)c1. The highest BCUT2D eigenvalue weighted by molar-refractivity contribution is 6.02. The van der Waals surface area contributed by atoms with Gasteiger partial charge in [0.1, 0.15) is 11.5 Å². The zero-order valence-corrected chi connectivity index (χ0v) is 16.2. The number of fused-ring (bicyclic) bond motifs is 4. The molecule has 1 aliphatic heterocycles. The number of amides is 1. The molecule has 8 heteroatoms. The number of carbonyl (C=O) groups excluding carboxylic acids is 1. The van der Waals surface area contributed by atoms with Crippen LogP contribution in [0.1, 0.15) is 34.0 Å². The molecule has 5 rings (SSSR count). The Morgan fingerprint density at radius 3 is 2.65 bits per heavy atom. The molecule has 156 valence electrons. The second-order valence-corrected chi connectivity index (χ2v) is 7.75. The molecule has 2 unspecified atom stereocenters. The predicted octanol–water partition coefficient (Wildman–Crippen LogP) is 3.02. The summed E-state index contributed by atoms with van der Waals surface area (Å²) in [6, 6.07) is 9.01. The van der Waals surface area contributed by atoms with Crippen molar-refractivity contribution in [3.8, 4) is 22.5 Å². The first-order valence-corrected chi connectivity index (χ1v) is 9.76. The van der Waals surface area contributed by atoms with Crippen molar-refractivity contribution >= 4 is 23.6 Å². The van der Waals surface area contributed by atoms with Gasteiger partial charge >= 0.3 is 5.97 Å². The molecule has 5 N–H and O–H groups in total. The fraction of sp³-hybridized carbons (Fsp3) is 0.174. The summed E-state index contributed by atoms with van der Waals surface area (Å²) in [4.78, 5) is 35.7. The standard InChI is InChI=1S/C23H18N2O6/c24-9-20(28)25-10-1-3-12(16(5-10)23(29)30)21-13-4-2-11(26)6-18(13)31-19-8-17(27)14-7-15(14)22(19)21/h1-6,8,14-15,27H,7,9,24H2,(H,25,28)(H,29,30). The van der Waals surface area contributed by atoms with Gasteiger partial charge in [-0.05, 0) is 42.2 Å². The molecule has 1 saturated carbocycles. The molecule has 1 amide bonds. The van der Waals surface area contributed by atoms with Gasteiger partial charge in [-0.25, -0.2) is 4.79 Å². The van der Waals surface area contributed by atoms with Crippen LogP contribution in [0.4, 0.5) is 5.69 Å². The van der Waals surface area contributed by atoms with E-state index in [1.165, 1.54) is 18.2 Å². The number of aliphatic hydroxyl groups excluding tert-OH is 1. The van der Waals surface area contributed by atoms with Crippen LogP contribution in [-0.2, 0) is 4.79 Å². The molecule has 0 spiro atoms. The number of nitrogens with one attached hydrogen (secondary N) is 1. The van der Waals surface area contributed by atoms with Gasteiger partial charge in [-0.1, -0.05) is 6.07 Å². The van der Waals surface area contributed by atoms with Gasteiger partial charge in [-0.15, -0.1) is 0 Å². The maximum atomic E-state index is 12.1. The lowest BCUT2D eigenvalue weighted by Crippen LogP contribution is -2.22. The Morgan fingerprint density at radius 2 is 1.90 bits per heavy atom. The fourth-order valence-electron chi connectivity index (χ4n) is 4.31.